The van der Waals surface area contributed by atoms with Gasteiger partial charge in [0.1, 0.15) is 0 Å². The molecule has 0 amide bonds. The molecule has 1 rings (SSSR count). The van der Waals surface area contributed by atoms with Crippen LogP contribution in [0, 0.1) is 0 Å². The first-order chi connectivity index (χ1) is 6.65. The van der Waals surface area contributed by atoms with E-state index in [4.69, 9.17) is 0 Å². The highest BCUT2D eigenvalue weighted by molar-refractivity contribution is 5.14. The van der Waals surface area contributed by atoms with Crippen LogP contribution in [-0.2, 0) is 0 Å². The van der Waals surface area contributed by atoms with E-state index in [0.29, 0.717) is 6.04 Å². The van der Waals surface area contributed by atoms with E-state index in [1.807, 2.05) is 19.1 Å². The maximum Gasteiger partial charge on any atom is 0.204 e. The first-order valence-electron chi connectivity index (χ1n) is 5.09. The fraction of sp³-hybridized carbons (Fsp3) is 0.636. The molecule has 0 aliphatic heterocycles. The second kappa shape index (κ2) is 4.87. The van der Waals surface area contributed by atoms with E-state index in [1.165, 1.54) is 25.7 Å². The lowest BCUT2D eigenvalue weighted by Gasteiger charge is -2.19. The van der Waals surface area contributed by atoms with Gasteiger partial charge >= 0.3 is 0 Å². The van der Waals surface area contributed by atoms with Crippen LogP contribution in [-0.4, -0.2) is 36.5 Å². The Morgan fingerprint density at radius 1 is 1.50 bits per heavy atom. The van der Waals surface area contributed by atoms with Crippen molar-refractivity contribution in [2.45, 2.75) is 31.7 Å². The SMILES string of the molecule is C=C=C(NC1CCCC1)N(C)[N+](=C)C. The first kappa shape index (κ1) is 10.9. The second-order valence-electron chi connectivity index (χ2n) is 3.83. The zero-order chi connectivity index (χ0) is 10.6. The summed E-state index contributed by atoms with van der Waals surface area (Å²) >= 11 is 0. The third-order valence-electron chi connectivity index (χ3n) is 2.70. The molecule has 0 unspecified atom stereocenters. The maximum absolute atomic E-state index is 3.81. The van der Waals surface area contributed by atoms with Gasteiger partial charge in [-0.3, -0.25) is 0 Å². The predicted molar refractivity (Wildman–Crippen MR) is 59.1 cm³/mol. The second-order valence-corrected chi connectivity index (χ2v) is 3.83. The summed E-state index contributed by atoms with van der Waals surface area (Å²) in [4.78, 5) is 0. The van der Waals surface area contributed by atoms with E-state index in [9.17, 15) is 0 Å². The third kappa shape index (κ3) is 2.64. The molecular formula is C11H20N3+. The lowest BCUT2D eigenvalue weighted by atomic mass is 10.2. The Morgan fingerprint density at radius 3 is 2.50 bits per heavy atom. The highest BCUT2D eigenvalue weighted by Crippen LogP contribution is 2.18. The molecule has 0 aromatic carbocycles. The molecule has 0 atom stereocenters. The van der Waals surface area contributed by atoms with E-state index < -0.39 is 0 Å². The monoisotopic (exact) mass is 194 g/mol. The average Bonchev–Trinajstić information content (AvgIpc) is 2.65. The van der Waals surface area contributed by atoms with Gasteiger partial charge in [0.05, 0.1) is 7.05 Å². The van der Waals surface area contributed by atoms with Gasteiger partial charge in [-0.05, 0) is 12.8 Å². The summed E-state index contributed by atoms with van der Waals surface area (Å²) in [6.45, 7) is 7.50. The summed E-state index contributed by atoms with van der Waals surface area (Å²) in [5, 5.41) is 5.34. The number of nitrogens with zero attached hydrogens (tertiary/aromatic N) is 2. The van der Waals surface area contributed by atoms with Gasteiger partial charge in [0.25, 0.3) is 0 Å². The highest BCUT2D eigenvalue weighted by atomic mass is 15.6. The molecule has 1 aliphatic carbocycles. The van der Waals surface area contributed by atoms with Crippen molar-refractivity contribution < 1.29 is 4.68 Å². The average molecular weight is 194 g/mol. The van der Waals surface area contributed by atoms with Crippen molar-refractivity contribution in [3.63, 3.8) is 0 Å². The predicted octanol–water partition coefficient (Wildman–Crippen LogP) is 1.33. The fourth-order valence-corrected chi connectivity index (χ4v) is 1.69. The van der Waals surface area contributed by atoms with Crippen molar-refractivity contribution >= 4 is 6.72 Å². The van der Waals surface area contributed by atoms with Crippen LogP contribution in [0.5, 0.6) is 0 Å². The van der Waals surface area contributed by atoms with E-state index in [1.54, 1.807) is 4.68 Å². The number of hydrazine groups is 1. The summed E-state index contributed by atoms with van der Waals surface area (Å²) in [7, 11) is 3.84. The Bertz CT molecular complexity index is 258. The topological polar surface area (TPSA) is 18.3 Å². The van der Waals surface area contributed by atoms with Crippen LogP contribution in [0.2, 0.25) is 0 Å². The number of nitrogens with one attached hydrogen (secondary N) is 1. The minimum atomic E-state index is 0.585. The van der Waals surface area contributed by atoms with Crippen molar-refractivity contribution in [3.8, 4) is 0 Å². The Balaban J connectivity index is 2.55. The standard InChI is InChI=1S/C11H20N3/c1-5-11(14(4)13(2)3)12-10-8-6-7-9-10/h10,12H,1-2,6-9H2,3-4H3/q+1. The summed E-state index contributed by atoms with van der Waals surface area (Å²) in [5.74, 6) is 0.911. The molecule has 0 radical (unpaired) electrons. The number of hydrogen-bond donors (Lipinski definition) is 1. The van der Waals surface area contributed by atoms with Gasteiger partial charge < -0.3 is 5.32 Å². The molecule has 1 saturated carbocycles. The summed E-state index contributed by atoms with van der Waals surface area (Å²) in [6.07, 6.45) is 5.15. The van der Waals surface area contributed by atoms with Crippen LogP contribution in [0.1, 0.15) is 25.7 Å². The molecule has 0 saturated heterocycles. The van der Waals surface area contributed by atoms with Crippen molar-refractivity contribution in [3.05, 3.63) is 18.1 Å². The minimum absolute atomic E-state index is 0.585. The van der Waals surface area contributed by atoms with E-state index >= 15 is 0 Å². The van der Waals surface area contributed by atoms with Gasteiger partial charge in [-0.1, -0.05) is 25.2 Å². The van der Waals surface area contributed by atoms with Crippen molar-refractivity contribution in [2.75, 3.05) is 14.1 Å². The van der Waals surface area contributed by atoms with Crippen LogP contribution in [0.4, 0.5) is 0 Å². The largest absolute Gasteiger partial charge is 0.358 e. The summed E-state index contributed by atoms with van der Waals surface area (Å²) in [6, 6.07) is 0.585. The van der Waals surface area contributed by atoms with Gasteiger partial charge in [-0.15, -0.1) is 9.69 Å². The Morgan fingerprint density at radius 2 is 2.07 bits per heavy atom. The highest BCUT2D eigenvalue weighted by Gasteiger charge is 2.18. The van der Waals surface area contributed by atoms with Crippen LogP contribution in [0.15, 0.2) is 18.1 Å². The molecule has 0 heterocycles. The van der Waals surface area contributed by atoms with Crippen LogP contribution < -0.4 is 5.32 Å². The lowest BCUT2D eigenvalue weighted by Crippen LogP contribution is -2.37. The fourth-order valence-electron chi connectivity index (χ4n) is 1.69. The molecule has 14 heavy (non-hydrogen) atoms. The van der Waals surface area contributed by atoms with E-state index in [0.717, 1.165) is 5.82 Å². The maximum atomic E-state index is 3.81. The summed E-state index contributed by atoms with van der Waals surface area (Å²) in [5.41, 5.74) is 2.91. The van der Waals surface area contributed by atoms with Crippen LogP contribution in [0.25, 0.3) is 0 Å². The van der Waals surface area contributed by atoms with Gasteiger partial charge in [0.15, 0.2) is 13.8 Å². The molecule has 1 fully saturated rings. The first-order valence-corrected chi connectivity index (χ1v) is 5.09. The van der Waals surface area contributed by atoms with Crippen LogP contribution >= 0.6 is 0 Å². The molecule has 78 valence electrons. The Kier molecular flexibility index (Phi) is 3.78. The van der Waals surface area contributed by atoms with Gasteiger partial charge in [-0.25, -0.2) is 0 Å². The number of rotatable bonds is 4. The van der Waals surface area contributed by atoms with Crippen molar-refractivity contribution in [1.29, 1.82) is 0 Å². The Hall–Kier alpha value is -1.21. The third-order valence-corrected chi connectivity index (χ3v) is 2.70. The zero-order valence-corrected chi connectivity index (χ0v) is 9.21. The minimum Gasteiger partial charge on any atom is -0.358 e. The Labute approximate surface area is 86.4 Å². The smallest absolute Gasteiger partial charge is 0.204 e. The quantitative estimate of drug-likeness (QED) is 0.315. The molecule has 1 N–H and O–H groups in total. The molecule has 3 heteroatoms. The normalized spacial score (nSPS) is 16.1. The lowest BCUT2D eigenvalue weighted by molar-refractivity contribution is -0.644. The van der Waals surface area contributed by atoms with Crippen molar-refractivity contribution in [2.24, 2.45) is 0 Å². The van der Waals surface area contributed by atoms with Gasteiger partial charge in [-0.2, -0.15) is 0 Å². The molecule has 3 nitrogen and oxygen atoms in total. The zero-order valence-electron chi connectivity index (χ0n) is 9.21. The molecular weight excluding hydrogens is 174 g/mol. The van der Waals surface area contributed by atoms with Gasteiger partial charge in [0, 0.05) is 6.04 Å². The van der Waals surface area contributed by atoms with Gasteiger partial charge in [0.2, 0.25) is 5.82 Å². The molecule has 1 aliphatic rings. The molecule has 0 aromatic rings. The number of hydrazone groups is 1. The summed E-state index contributed by atoms with van der Waals surface area (Å²) < 4.78 is 1.76. The van der Waals surface area contributed by atoms with Crippen molar-refractivity contribution in [1.82, 2.24) is 10.3 Å². The van der Waals surface area contributed by atoms with Crippen LogP contribution in [0.3, 0.4) is 0 Å². The number of hydrogen-bond acceptors (Lipinski definition) is 2. The van der Waals surface area contributed by atoms with E-state index in [-0.39, 0.29) is 0 Å². The molecule has 0 spiro atoms. The molecule has 0 bridgehead atoms. The van der Waals surface area contributed by atoms with E-state index in [2.05, 4.69) is 24.3 Å². The molecule has 0 aromatic heterocycles.